The maximum Gasteiger partial charge on any atom is 0.227 e. The van der Waals surface area contributed by atoms with Gasteiger partial charge < -0.3 is 10.2 Å². The third-order valence-electron chi connectivity index (χ3n) is 4.37. The summed E-state index contributed by atoms with van der Waals surface area (Å²) in [7, 11) is 0. The fourth-order valence-corrected chi connectivity index (χ4v) is 3.04. The van der Waals surface area contributed by atoms with Gasteiger partial charge >= 0.3 is 0 Å². The summed E-state index contributed by atoms with van der Waals surface area (Å²) in [5.41, 5.74) is 1.16. The molecule has 0 spiro atoms. The number of carbonyl (C=O) groups excluding carboxylic acids is 1. The molecule has 2 aliphatic rings. The first kappa shape index (κ1) is 13.9. The van der Waals surface area contributed by atoms with E-state index in [1.54, 1.807) is 0 Å². The van der Waals surface area contributed by atoms with Crippen molar-refractivity contribution in [3.63, 3.8) is 0 Å². The monoisotopic (exact) mass is 292 g/mol. The molecular formula is C16H21ClN2O. The number of carbonyl (C=O) groups is 1. The molecule has 1 aromatic carbocycles. The van der Waals surface area contributed by atoms with Crippen molar-refractivity contribution in [3.05, 3.63) is 34.9 Å². The van der Waals surface area contributed by atoms with Gasteiger partial charge in [0.15, 0.2) is 0 Å². The average Bonchev–Trinajstić information content (AvgIpc) is 3.19. The Morgan fingerprint density at radius 2 is 2.00 bits per heavy atom. The summed E-state index contributed by atoms with van der Waals surface area (Å²) in [6, 6.07) is 8.27. The summed E-state index contributed by atoms with van der Waals surface area (Å²) in [5, 5.41) is 4.07. The molecule has 2 atom stereocenters. The molecule has 1 amide bonds. The largest absolute Gasteiger partial charge is 0.335 e. The van der Waals surface area contributed by atoms with Crippen molar-refractivity contribution in [2.45, 2.75) is 32.4 Å². The molecule has 4 heteroatoms. The minimum absolute atomic E-state index is 0.142. The van der Waals surface area contributed by atoms with Gasteiger partial charge in [-0.05, 0) is 43.0 Å². The first-order valence-corrected chi connectivity index (χ1v) is 7.78. The summed E-state index contributed by atoms with van der Waals surface area (Å²) >= 11 is 5.92. The van der Waals surface area contributed by atoms with Gasteiger partial charge in [0, 0.05) is 24.2 Å². The van der Waals surface area contributed by atoms with Crippen LogP contribution in [-0.2, 0) is 11.3 Å². The zero-order valence-corrected chi connectivity index (χ0v) is 12.6. The Bertz CT molecular complexity index is 484. The SMILES string of the molecule is C[C@@H]1CNC[C@H]1C(=O)N(Cc1ccc(Cl)cc1)C1CC1. The minimum atomic E-state index is 0.142. The van der Waals surface area contributed by atoms with Crippen LogP contribution in [0.4, 0.5) is 0 Å². The Balaban J connectivity index is 1.72. The normalized spacial score (nSPS) is 25.7. The molecule has 1 aliphatic carbocycles. The van der Waals surface area contributed by atoms with E-state index in [-0.39, 0.29) is 5.92 Å². The second-order valence-corrected chi connectivity index (χ2v) is 6.50. The number of benzene rings is 1. The van der Waals surface area contributed by atoms with Gasteiger partial charge in [0.25, 0.3) is 0 Å². The molecule has 1 aromatic rings. The molecule has 1 heterocycles. The number of amides is 1. The molecule has 0 radical (unpaired) electrons. The lowest BCUT2D eigenvalue weighted by atomic mass is 9.96. The smallest absolute Gasteiger partial charge is 0.227 e. The van der Waals surface area contributed by atoms with Gasteiger partial charge in [-0.2, -0.15) is 0 Å². The molecule has 1 saturated carbocycles. The van der Waals surface area contributed by atoms with E-state index in [0.717, 1.165) is 36.5 Å². The number of halogens is 1. The molecule has 3 rings (SSSR count). The lowest BCUT2D eigenvalue weighted by Gasteiger charge is -2.27. The minimum Gasteiger partial charge on any atom is -0.335 e. The Kier molecular flexibility index (Phi) is 3.99. The van der Waals surface area contributed by atoms with Gasteiger partial charge in [0.2, 0.25) is 5.91 Å². The first-order valence-electron chi connectivity index (χ1n) is 7.41. The van der Waals surface area contributed by atoms with E-state index < -0.39 is 0 Å². The molecular weight excluding hydrogens is 272 g/mol. The van der Waals surface area contributed by atoms with Crippen molar-refractivity contribution in [3.8, 4) is 0 Å². The van der Waals surface area contributed by atoms with E-state index in [2.05, 4.69) is 17.1 Å². The van der Waals surface area contributed by atoms with Crippen LogP contribution >= 0.6 is 11.6 Å². The fourth-order valence-electron chi connectivity index (χ4n) is 2.91. The van der Waals surface area contributed by atoms with Crippen molar-refractivity contribution >= 4 is 17.5 Å². The fraction of sp³-hybridized carbons (Fsp3) is 0.562. The topological polar surface area (TPSA) is 32.3 Å². The molecule has 20 heavy (non-hydrogen) atoms. The maximum absolute atomic E-state index is 12.8. The summed E-state index contributed by atoms with van der Waals surface area (Å²) in [6.45, 7) is 4.65. The van der Waals surface area contributed by atoms with Crippen LogP contribution in [0.1, 0.15) is 25.3 Å². The third-order valence-corrected chi connectivity index (χ3v) is 4.62. The highest BCUT2D eigenvalue weighted by Crippen LogP contribution is 2.31. The van der Waals surface area contributed by atoms with Crippen LogP contribution in [0.2, 0.25) is 5.02 Å². The molecule has 108 valence electrons. The van der Waals surface area contributed by atoms with E-state index in [1.165, 1.54) is 0 Å². The van der Waals surface area contributed by atoms with E-state index in [0.29, 0.717) is 24.4 Å². The molecule has 2 fully saturated rings. The van der Waals surface area contributed by atoms with Crippen LogP contribution in [0.15, 0.2) is 24.3 Å². The van der Waals surface area contributed by atoms with Crippen molar-refractivity contribution in [1.29, 1.82) is 0 Å². The van der Waals surface area contributed by atoms with Crippen molar-refractivity contribution < 1.29 is 4.79 Å². The van der Waals surface area contributed by atoms with Crippen LogP contribution in [0, 0.1) is 11.8 Å². The Hall–Kier alpha value is -1.06. The van der Waals surface area contributed by atoms with Gasteiger partial charge in [0.1, 0.15) is 0 Å². The van der Waals surface area contributed by atoms with Gasteiger partial charge in [-0.1, -0.05) is 30.7 Å². The van der Waals surface area contributed by atoms with Gasteiger partial charge in [0.05, 0.1) is 5.92 Å². The van der Waals surface area contributed by atoms with Gasteiger partial charge in [-0.15, -0.1) is 0 Å². The number of hydrogen-bond acceptors (Lipinski definition) is 2. The third kappa shape index (κ3) is 2.99. The lowest BCUT2D eigenvalue weighted by molar-refractivity contribution is -0.137. The molecule has 0 aromatic heterocycles. The zero-order valence-electron chi connectivity index (χ0n) is 11.8. The second-order valence-electron chi connectivity index (χ2n) is 6.07. The first-order chi connectivity index (χ1) is 9.65. The number of rotatable bonds is 4. The Morgan fingerprint density at radius 3 is 2.55 bits per heavy atom. The van der Waals surface area contributed by atoms with Crippen LogP contribution in [-0.4, -0.2) is 29.9 Å². The van der Waals surface area contributed by atoms with E-state index in [4.69, 9.17) is 11.6 Å². The highest BCUT2D eigenvalue weighted by Gasteiger charge is 2.39. The predicted molar refractivity (Wildman–Crippen MR) is 80.5 cm³/mol. The highest BCUT2D eigenvalue weighted by atomic mass is 35.5. The number of nitrogens with one attached hydrogen (secondary N) is 1. The molecule has 3 nitrogen and oxygen atoms in total. The molecule has 0 bridgehead atoms. The summed E-state index contributed by atoms with van der Waals surface area (Å²) in [4.78, 5) is 14.8. The quantitative estimate of drug-likeness (QED) is 0.925. The number of hydrogen-bond donors (Lipinski definition) is 1. The average molecular weight is 293 g/mol. The summed E-state index contributed by atoms with van der Waals surface area (Å²) in [5.74, 6) is 0.900. The maximum atomic E-state index is 12.8. The van der Waals surface area contributed by atoms with Crippen molar-refractivity contribution in [2.24, 2.45) is 11.8 Å². The van der Waals surface area contributed by atoms with Crippen LogP contribution in [0.25, 0.3) is 0 Å². The Morgan fingerprint density at radius 1 is 1.30 bits per heavy atom. The Labute approximate surface area is 125 Å². The number of nitrogens with zero attached hydrogens (tertiary/aromatic N) is 1. The van der Waals surface area contributed by atoms with Crippen LogP contribution in [0.3, 0.4) is 0 Å². The lowest BCUT2D eigenvalue weighted by Crippen LogP contribution is -2.39. The second kappa shape index (κ2) is 5.74. The van der Waals surface area contributed by atoms with E-state index in [1.807, 2.05) is 24.3 Å². The summed E-state index contributed by atoms with van der Waals surface area (Å²) in [6.07, 6.45) is 2.29. The van der Waals surface area contributed by atoms with E-state index in [9.17, 15) is 4.79 Å². The standard InChI is InChI=1S/C16H21ClN2O/c1-11-8-18-9-15(11)16(20)19(14-6-7-14)10-12-2-4-13(17)5-3-12/h2-5,11,14-15,18H,6-10H2,1H3/t11-,15-/m1/s1. The van der Waals surface area contributed by atoms with Crippen LogP contribution < -0.4 is 5.32 Å². The predicted octanol–water partition coefficient (Wildman–Crippen LogP) is 2.69. The zero-order chi connectivity index (χ0) is 14.1. The van der Waals surface area contributed by atoms with Gasteiger partial charge in [-0.3, -0.25) is 4.79 Å². The van der Waals surface area contributed by atoms with Gasteiger partial charge in [-0.25, -0.2) is 0 Å². The summed E-state index contributed by atoms with van der Waals surface area (Å²) < 4.78 is 0. The molecule has 1 aliphatic heterocycles. The van der Waals surface area contributed by atoms with E-state index >= 15 is 0 Å². The molecule has 1 saturated heterocycles. The highest BCUT2D eigenvalue weighted by molar-refractivity contribution is 6.30. The molecule has 1 N–H and O–H groups in total. The van der Waals surface area contributed by atoms with Crippen molar-refractivity contribution in [1.82, 2.24) is 10.2 Å². The van der Waals surface area contributed by atoms with Crippen molar-refractivity contribution in [2.75, 3.05) is 13.1 Å². The molecule has 0 unspecified atom stereocenters. The van der Waals surface area contributed by atoms with Crippen LogP contribution in [0.5, 0.6) is 0 Å².